The van der Waals surface area contributed by atoms with E-state index in [0.29, 0.717) is 11.3 Å². The van der Waals surface area contributed by atoms with Crippen molar-refractivity contribution in [3.8, 4) is 22.3 Å². The molecule has 4 rings (SSSR count). The average Bonchev–Trinajstić information content (AvgIpc) is 2.88. The van der Waals surface area contributed by atoms with Gasteiger partial charge >= 0.3 is 5.97 Å². The van der Waals surface area contributed by atoms with Gasteiger partial charge in [0.05, 0.1) is 22.8 Å². The number of rotatable bonds is 8. The molecule has 0 spiro atoms. The Bertz CT molecular complexity index is 1230. The van der Waals surface area contributed by atoms with Gasteiger partial charge in [-0.25, -0.2) is 9.52 Å². The minimum Gasteiger partial charge on any atom is -0.462 e. The molecule has 34 heavy (non-hydrogen) atoms. The predicted octanol–water partition coefficient (Wildman–Crippen LogP) is 7.05. The number of non-ortho nitro benzene ring substituents is 1. The van der Waals surface area contributed by atoms with Crippen LogP contribution in [-0.4, -0.2) is 17.5 Å². The Kier molecular flexibility index (Phi) is 7.25. The SMILES string of the molecule is CCOC(=O)c1cc(-c2ccccc2)c([N]Sc2ccc([N+](=O)[O-])cc2)c(-c2ccccc2)c1. The summed E-state index contributed by atoms with van der Waals surface area (Å²) in [5.41, 5.74) is 4.58. The van der Waals surface area contributed by atoms with Crippen molar-refractivity contribution < 1.29 is 14.5 Å². The standard InChI is InChI=1S/C27H21N2O4S/c1-2-33-27(30)21-17-24(19-9-5-3-6-10-19)26(25(18-21)20-11-7-4-8-12-20)28-34-23-15-13-22(14-16-23)29(31)32/h3-18H,2H2,1H3. The number of hydrogen-bond donors (Lipinski definition) is 0. The van der Waals surface area contributed by atoms with E-state index in [9.17, 15) is 14.9 Å². The van der Waals surface area contributed by atoms with Gasteiger partial charge in [-0.15, -0.1) is 0 Å². The fraction of sp³-hybridized carbons (Fsp3) is 0.0741. The molecule has 6 nitrogen and oxygen atoms in total. The average molecular weight is 470 g/mol. The second-order valence-corrected chi connectivity index (χ2v) is 8.14. The molecule has 0 aliphatic rings. The summed E-state index contributed by atoms with van der Waals surface area (Å²) in [6, 6.07) is 29.3. The van der Waals surface area contributed by atoms with Crippen LogP contribution in [0, 0.1) is 10.1 Å². The second-order valence-electron chi connectivity index (χ2n) is 7.31. The first-order valence-electron chi connectivity index (χ1n) is 10.7. The largest absolute Gasteiger partial charge is 0.462 e. The quantitative estimate of drug-likeness (QED) is 0.119. The van der Waals surface area contributed by atoms with E-state index in [2.05, 4.69) is 0 Å². The molecule has 0 amide bonds. The fourth-order valence-electron chi connectivity index (χ4n) is 3.47. The molecule has 0 aromatic heterocycles. The summed E-state index contributed by atoms with van der Waals surface area (Å²) in [5.74, 6) is -0.397. The van der Waals surface area contributed by atoms with E-state index in [1.807, 2.05) is 60.7 Å². The zero-order valence-corrected chi connectivity index (χ0v) is 19.2. The van der Waals surface area contributed by atoms with Crippen molar-refractivity contribution in [2.24, 2.45) is 0 Å². The van der Waals surface area contributed by atoms with Crippen LogP contribution in [0.5, 0.6) is 0 Å². The van der Waals surface area contributed by atoms with Crippen LogP contribution >= 0.6 is 11.9 Å². The first kappa shape index (κ1) is 23.1. The third kappa shape index (κ3) is 5.27. The zero-order valence-electron chi connectivity index (χ0n) is 18.4. The molecule has 0 saturated heterocycles. The maximum atomic E-state index is 12.7. The molecule has 0 aliphatic carbocycles. The number of nitro benzene ring substituents is 1. The smallest absolute Gasteiger partial charge is 0.338 e. The van der Waals surface area contributed by atoms with Crippen LogP contribution in [0.2, 0.25) is 0 Å². The Hall–Kier alpha value is -4.10. The number of ether oxygens (including phenoxy) is 1. The van der Waals surface area contributed by atoms with Gasteiger partial charge < -0.3 is 4.74 Å². The summed E-state index contributed by atoms with van der Waals surface area (Å²) < 4.78 is 10.1. The van der Waals surface area contributed by atoms with Crippen molar-refractivity contribution in [1.29, 1.82) is 0 Å². The minimum atomic E-state index is -0.430. The van der Waals surface area contributed by atoms with Crippen molar-refractivity contribution in [2.75, 3.05) is 6.61 Å². The highest BCUT2D eigenvalue weighted by Gasteiger charge is 2.19. The fourth-order valence-corrected chi connectivity index (χ4v) is 4.12. The highest BCUT2D eigenvalue weighted by molar-refractivity contribution is 7.97. The maximum absolute atomic E-state index is 12.7. The highest BCUT2D eigenvalue weighted by atomic mass is 32.2. The van der Waals surface area contributed by atoms with Crippen LogP contribution in [0.3, 0.4) is 0 Å². The third-order valence-electron chi connectivity index (χ3n) is 5.08. The molecule has 0 heterocycles. The Morgan fingerprint density at radius 2 is 1.41 bits per heavy atom. The number of nitrogens with zero attached hydrogens (tertiary/aromatic N) is 2. The molecule has 0 N–H and O–H groups in total. The third-order valence-corrected chi connectivity index (χ3v) is 5.84. The van der Waals surface area contributed by atoms with Gasteiger partial charge in [-0.1, -0.05) is 60.7 Å². The van der Waals surface area contributed by atoms with E-state index < -0.39 is 10.9 Å². The lowest BCUT2D eigenvalue weighted by molar-refractivity contribution is -0.384. The molecule has 0 fully saturated rings. The van der Waals surface area contributed by atoms with Gasteiger partial charge in [0.15, 0.2) is 0 Å². The first-order valence-corrected chi connectivity index (χ1v) is 11.4. The van der Waals surface area contributed by atoms with Crippen LogP contribution in [0.25, 0.3) is 22.3 Å². The van der Waals surface area contributed by atoms with Crippen molar-refractivity contribution in [3.05, 3.63) is 113 Å². The minimum absolute atomic E-state index is 0.0260. The first-order chi connectivity index (χ1) is 16.6. The summed E-state index contributed by atoms with van der Waals surface area (Å²) in [6.07, 6.45) is 0. The van der Waals surface area contributed by atoms with Crippen LogP contribution in [0.4, 0.5) is 11.4 Å². The molecule has 4 aromatic carbocycles. The van der Waals surface area contributed by atoms with E-state index in [1.54, 1.807) is 31.2 Å². The molecule has 0 atom stereocenters. The van der Waals surface area contributed by atoms with Gasteiger partial charge in [0.1, 0.15) is 0 Å². The van der Waals surface area contributed by atoms with E-state index in [0.717, 1.165) is 27.1 Å². The lowest BCUT2D eigenvalue weighted by Crippen LogP contribution is -2.06. The lowest BCUT2D eigenvalue weighted by atomic mass is 9.93. The molecular weight excluding hydrogens is 448 g/mol. The van der Waals surface area contributed by atoms with Gasteiger partial charge in [0, 0.05) is 40.1 Å². The summed E-state index contributed by atoms with van der Waals surface area (Å²) in [4.78, 5) is 24.0. The van der Waals surface area contributed by atoms with Gasteiger partial charge in [0.25, 0.3) is 5.69 Å². The van der Waals surface area contributed by atoms with Gasteiger partial charge in [-0.2, -0.15) is 0 Å². The van der Waals surface area contributed by atoms with E-state index in [4.69, 9.17) is 9.46 Å². The Balaban J connectivity index is 1.83. The van der Waals surface area contributed by atoms with Gasteiger partial charge in [-0.05, 0) is 42.3 Å². The lowest BCUT2D eigenvalue weighted by Gasteiger charge is -2.17. The summed E-state index contributed by atoms with van der Waals surface area (Å²) in [6.45, 7) is 2.06. The van der Waals surface area contributed by atoms with E-state index in [-0.39, 0.29) is 12.3 Å². The maximum Gasteiger partial charge on any atom is 0.338 e. The number of esters is 1. The van der Waals surface area contributed by atoms with Crippen LogP contribution in [-0.2, 0) is 4.74 Å². The number of carbonyl (C=O) groups excluding carboxylic acids is 1. The molecule has 169 valence electrons. The molecule has 7 heteroatoms. The van der Waals surface area contributed by atoms with Crippen molar-refractivity contribution in [1.82, 2.24) is 4.72 Å². The Labute approximate surface area is 201 Å². The molecule has 4 aromatic rings. The summed E-state index contributed by atoms with van der Waals surface area (Å²) >= 11 is 1.22. The van der Waals surface area contributed by atoms with Crippen molar-refractivity contribution in [3.63, 3.8) is 0 Å². The molecule has 0 bridgehead atoms. The Morgan fingerprint density at radius 1 is 0.882 bits per heavy atom. The monoisotopic (exact) mass is 469 g/mol. The molecule has 0 aliphatic heterocycles. The highest BCUT2D eigenvalue weighted by Crippen LogP contribution is 2.41. The molecule has 0 unspecified atom stereocenters. The summed E-state index contributed by atoms with van der Waals surface area (Å²) in [7, 11) is 0. The number of benzene rings is 4. The van der Waals surface area contributed by atoms with Crippen LogP contribution in [0.15, 0.2) is 102 Å². The van der Waals surface area contributed by atoms with Gasteiger partial charge in [-0.3, -0.25) is 10.1 Å². The topological polar surface area (TPSA) is 83.5 Å². The molecular formula is C27H21N2O4S. The normalized spacial score (nSPS) is 10.5. The van der Waals surface area contributed by atoms with Crippen molar-refractivity contribution in [2.45, 2.75) is 11.8 Å². The number of nitro groups is 1. The molecule has 0 saturated carbocycles. The summed E-state index contributed by atoms with van der Waals surface area (Å²) in [5, 5.41) is 11.0. The van der Waals surface area contributed by atoms with Crippen LogP contribution < -0.4 is 4.72 Å². The predicted molar refractivity (Wildman–Crippen MR) is 134 cm³/mol. The Morgan fingerprint density at radius 3 is 1.88 bits per heavy atom. The van der Waals surface area contributed by atoms with E-state index in [1.165, 1.54) is 24.1 Å². The zero-order chi connectivity index (χ0) is 23.9. The molecule has 1 radical (unpaired) electrons. The number of hydrogen-bond acceptors (Lipinski definition) is 5. The number of carbonyl (C=O) groups is 1. The van der Waals surface area contributed by atoms with E-state index >= 15 is 0 Å². The van der Waals surface area contributed by atoms with Crippen LogP contribution in [0.1, 0.15) is 17.3 Å². The van der Waals surface area contributed by atoms with Gasteiger partial charge in [0.2, 0.25) is 0 Å². The van der Waals surface area contributed by atoms with Crippen molar-refractivity contribution >= 4 is 29.3 Å². The second kappa shape index (κ2) is 10.7.